The van der Waals surface area contributed by atoms with E-state index in [1.165, 1.54) is 4.88 Å². The average Bonchev–Trinajstić information content (AvgIpc) is 3.23. The molecule has 4 heterocycles. The normalized spacial score (nSPS) is 21.6. The minimum atomic E-state index is 0.130. The summed E-state index contributed by atoms with van der Waals surface area (Å²) in [5.41, 5.74) is 0. The summed E-state index contributed by atoms with van der Waals surface area (Å²) in [6.45, 7) is 6.03. The van der Waals surface area contributed by atoms with Crippen molar-refractivity contribution in [1.82, 2.24) is 14.9 Å². The van der Waals surface area contributed by atoms with E-state index < -0.39 is 0 Å². The molecule has 2 aliphatic rings. The van der Waals surface area contributed by atoms with E-state index in [1.54, 1.807) is 17.7 Å². The van der Waals surface area contributed by atoms with Gasteiger partial charge in [-0.2, -0.15) is 0 Å². The molecular formula is C17H22N4O2S. The van der Waals surface area contributed by atoms with Gasteiger partial charge in [0.2, 0.25) is 5.91 Å². The number of piperazine rings is 1. The molecule has 2 fully saturated rings. The van der Waals surface area contributed by atoms with Crippen LogP contribution in [0.15, 0.2) is 12.4 Å². The van der Waals surface area contributed by atoms with E-state index in [0.717, 1.165) is 61.7 Å². The molecule has 2 saturated heterocycles. The van der Waals surface area contributed by atoms with Crippen LogP contribution in [0.1, 0.15) is 24.1 Å². The molecule has 0 aromatic carbocycles. The third-order valence-electron chi connectivity index (χ3n) is 4.79. The smallest absolute Gasteiger partial charge is 0.225 e. The molecule has 0 radical (unpaired) electrons. The van der Waals surface area contributed by atoms with Gasteiger partial charge in [-0.05, 0) is 25.8 Å². The van der Waals surface area contributed by atoms with Crippen LogP contribution >= 0.6 is 11.3 Å². The number of aromatic nitrogens is 2. The fourth-order valence-electron chi connectivity index (χ4n) is 3.51. The van der Waals surface area contributed by atoms with Crippen molar-refractivity contribution in [1.29, 1.82) is 0 Å². The third kappa shape index (κ3) is 3.10. The van der Waals surface area contributed by atoms with Gasteiger partial charge in [-0.15, -0.1) is 11.3 Å². The Balaban J connectivity index is 1.41. The molecule has 128 valence electrons. The van der Waals surface area contributed by atoms with E-state index >= 15 is 0 Å². The topological polar surface area (TPSA) is 58.6 Å². The lowest BCUT2D eigenvalue weighted by atomic mass is 10.1. The van der Waals surface area contributed by atoms with Gasteiger partial charge in [-0.25, -0.2) is 9.97 Å². The van der Waals surface area contributed by atoms with Crippen LogP contribution in [0.3, 0.4) is 0 Å². The maximum absolute atomic E-state index is 12.4. The summed E-state index contributed by atoms with van der Waals surface area (Å²) in [5.74, 6) is 1.22. The monoisotopic (exact) mass is 346 g/mol. The Morgan fingerprint density at radius 2 is 2.17 bits per heavy atom. The van der Waals surface area contributed by atoms with Crippen LogP contribution in [0.2, 0.25) is 0 Å². The zero-order valence-corrected chi connectivity index (χ0v) is 14.7. The minimum Gasteiger partial charge on any atom is -0.378 e. The highest BCUT2D eigenvalue weighted by Gasteiger charge is 2.26. The molecule has 0 aliphatic carbocycles. The third-order valence-corrected chi connectivity index (χ3v) is 5.75. The van der Waals surface area contributed by atoms with Gasteiger partial charge in [-0.3, -0.25) is 4.79 Å². The largest absolute Gasteiger partial charge is 0.378 e. The summed E-state index contributed by atoms with van der Waals surface area (Å²) in [4.78, 5) is 27.8. The van der Waals surface area contributed by atoms with Crippen LogP contribution in [0, 0.1) is 6.92 Å². The van der Waals surface area contributed by atoms with Crippen LogP contribution in [-0.2, 0) is 9.53 Å². The fourth-order valence-corrected chi connectivity index (χ4v) is 4.35. The second-order valence-corrected chi connectivity index (χ2v) is 7.71. The molecule has 0 unspecified atom stereocenters. The quantitative estimate of drug-likeness (QED) is 0.853. The van der Waals surface area contributed by atoms with Crippen molar-refractivity contribution in [2.45, 2.75) is 32.3 Å². The lowest BCUT2D eigenvalue weighted by Gasteiger charge is -2.36. The van der Waals surface area contributed by atoms with Crippen molar-refractivity contribution >= 4 is 33.3 Å². The zero-order chi connectivity index (χ0) is 16.5. The highest BCUT2D eigenvalue weighted by atomic mass is 32.1. The molecule has 1 amide bonds. The number of carbonyl (C=O) groups excluding carboxylic acids is 1. The first-order chi connectivity index (χ1) is 11.7. The minimum absolute atomic E-state index is 0.130. The van der Waals surface area contributed by atoms with Gasteiger partial charge < -0.3 is 14.5 Å². The molecule has 4 rings (SSSR count). The number of hydrogen-bond acceptors (Lipinski definition) is 6. The number of anilines is 1. The van der Waals surface area contributed by atoms with Crippen LogP contribution < -0.4 is 4.90 Å². The van der Waals surface area contributed by atoms with Crippen LogP contribution in [0.5, 0.6) is 0 Å². The summed E-state index contributed by atoms with van der Waals surface area (Å²) < 4.78 is 5.58. The summed E-state index contributed by atoms with van der Waals surface area (Å²) in [5, 5.41) is 1.12. The van der Waals surface area contributed by atoms with Gasteiger partial charge >= 0.3 is 0 Å². The number of thiophene rings is 1. The van der Waals surface area contributed by atoms with E-state index in [2.05, 4.69) is 27.9 Å². The molecule has 0 bridgehead atoms. The molecule has 1 atom stereocenters. The first kappa shape index (κ1) is 15.8. The second-order valence-electron chi connectivity index (χ2n) is 6.48. The van der Waals surface area contributed by atoms with Crippen LogP contribution in [-0.4, -0.2) is 59.7 Å². The highest BCUT2D eigenvalue weighted by Crippen LogP contribution is 2.30. The predicted molar refractivity (Wildman–Crippen MR) is 94.5 cm³/mol. The van der Waals surface area contributed by atoms with Crippen molar-refractivity contribution in [2.24, 2.45) is 0 Å². The molecule has 6 nitrogen and oxygen atoms in total. The Labute approximate surface area is 145 Å². The van der Waals surface area contributed by atoms with Crippen LogP contribution in [0.4, 0.5) is 5.82 Å². The Morgan fingerprint density at radius 1 is 1.33 bits per heavy atom. The number of nitrogens with zero attached hydrogens (tertiary/aromatic N) is 4. The second kappa shape index (κ2) is 6.64. The highest BCUT2D eigenvalue weighted by molar-refractivity contribution is 7.18. The van der Waals surface area contributed by atoms with Crippen molar-refractivity contribution < 1.29 is 9.53 Å². The van der Waals surface area contributed by atoms with Crippen molar-refractivity contribution in [3.05, 3.63) is 17.3 Å². The van der Waals surface area contributed by atoms with Crippen molar-refractivity contribution in [2.75, 3.05) is 37.7 Å². The first-order valence-electron chi connectivity index (χ1n) is 8.56. The zero-order valence-electron chi connectivity index (χ0n) is 13.9. The Morgan fingerprint density at radius 3 is 2.92 bits per heavy atom. The van der Waals surface area contributed by atoms with E-state index in [1.807, 2.05) is 4.90 Å². The molecule has 0 saturated carbocycles. The van der Waals surface area contributed by atoms with Gasteiger partial charge in [0.1, 0.15) is 17.0 Å². The molecule has 2 aromatic heterocycles. The summed E-state index contributed by atoms with van der Waals surface area (Å²) in [6.07, 6.45) is 4.40. The van der Waals surface area contributed by atoms with E-state index in [-0.39, 0.29) is 12.0 Å². The van der Waals surface area contributed by atoms with Gasteiger partial charge in [-0.1, -0.05) is 0 Å². The predicted octanol–water partition coefficient (Wildman–Crippen LogP) is 2.22. The SMILES string of the molecule is Cc1cc2c(N3CCN(C(=O)C[C@@H]4CCCO4)CC3)ncnc2s1. The molecule has 7 heteroatoms. The van der Waals surface area contributed by atoms with E-state index in [4.69, 9.17) is 4.74 Å². The maximum Gasteiger partial charge on any atom is 0.225 e. The molecule has 0 spiro atoms. The number of rotatable bonds is 3. The number of carbonyl (C=O) groups is 1. The summed E-state index contributed by atoms with van der Waals surface area (Å²) in [7, 11) is 0. The van der Waals surface area contributed by atoms with Gasteiger partial charge in [0.05, 0.1) is 17.9 Å². The number of amides is 1. The molecule has 2 aromatic rings. The number of fused-ring (bicyclic) bond motifs is 1. The Hall–Kier alpha value is -1.73. The average molecular weight is 346 g/mol. The van der Waals surface area contributed by atoms with Gasteiger partial charge in [0.25, 0.3) is 0 Å². The maximum atomic E-state index is 12.4. The summed E-state index contributed by atoms with van der Waals surface area (Å²) in [6, 6.07) is 2.16. The van der Waals surface area contributed by atoms with Gasteiger partial charge in [0.15, 0.2) is 0 Å². The lowest BCUT2D eigenvalue weighted by Crippen LogP contribution is -2.49. The lowest BCUT2D eigenvalue weighted by molar-refractivity contribution is -0.133. The molecular weight excluding hydrogens is 324 g/mol. The Bertz CT molecular complexity index is 733. The first-order valence-corrected chi connectivity index (χ1v) is 9.38. The van der Waals surface area contributed by atoms with Gasteiger partial charge in [0, 0.05) is 37.7 Å². The van der Waals surface area contributed by atoms with Crippen molar-refractivity contribution in [3.63, 3.8) is 0 Å². The molecule has 0 N–H and O–H groups in total. The van der Waals surface area contributed by atoms with E-state index in [9.17, 15) is 4.79 Å². The van der Waals surface area contributed by atoms with E-state index in [0.29, 0.717) is 6.42 Å². The fraction of sp³-hybridized carbons (Fsp3) is 0.588. The number of hydrogen-bond donors (Lipinski definition) is 0. The molecule has 2 aliphatic heterocycles. The number of aryl methyl sites for hydroxylation is 1. The molecule has 24 heavy (non-hydrogen) atoms. The number of ether oxygens (including phenoxy) is 1. The summed E-state index contributed by atoms with van der Waals surface area (Å²) >= 11 is 1.70. The Kier molecular flexibility index (Phi) is 4.37. The standard InChI is InChI=1S/C17H22N4O2S/c1-12-9-14-16(18-11-19-17(14)24-12)21-6-4-20(5-7-21)15(22)10-13-3-2-8-23-13/h9,11,13H,2-8,10H2,1H3/t13-/m0/s1. The van der Waals surface area contributed by atoms with Crippen LogP contribution in [0.25, 0.3) is 10.2 Å². The van der Waals surface area contributed by atoms with Crippen molar-refractivity contribution in [3.8, 4) is 0 Å².